The van der Waals surface area contributed by atoms with Gasteiger partial charge in [-0.1, -0.05) is 65.8 Å². The monoisotopic (exact) mass is 285 g/mol. The summed E-state index contributed by atoms with van der Waals surface area (Å²) in [6, 6.07) is 4.54. The molecule has 0 N–H and O–H groups in total. The molecule has 1 aromatic heterocycles. The van der Waals surface area contributed by atoms with Crippen molar-refractivity contribution in [2.45, 2.75) is 66.2 Å². The Labute approximate surface area is 131 Å². The first-order valence-electron chi connectivity index (χ1n) is 7.78. The lowest BCUT2D eigenvalue weighted by Gasteiger charge is -2.28. The Morgan fingerprint density at radius 2 is 1.33 bits per heavy atom. The van der Waals surface area contributed by atoms with Gasteiger partial charge in [0.2, 0.25) is 0 Å². The maximum Gasteiger partial charge on any atom is 0.0280 e. The summed E-state index contributed by atoms with van der Waals surface area (Å²) >= 11 is 0. The quantitative estimate of drug-likeness (QED) is 0.593. The molecule has 0 spiro atoms. The molecule has 0 fully saturated rings. The van der Waals surface area contributed by atoms with Crippen LogP contribution in [-0.2, 0) is 10.8 Å². The van der Waals surface area contributed by atoms with Gasteiger partial charge in [-0.2, -0.15) is 0 Å². The molecule has 1 heterocycles. The average molecular weight is 285 g/mol. The molecule has 1 nitrogen and oxygen atoms in total. The van der Waals surface area contributed by atoms with Crippen LogP contribution < -0.4 is 0 Å². The van der Waals surface area contributed by atoms with Crippen molar-refractivity contribution in [3.63, 3.8) is 0 Å². The minimum atomic E-state index is 0.131. The fourth-order valence-electron chi connectivity index (χ4n) is 2.43. The SMILES string of the molecule is C\C=C/C=C\C=C(/C)n1c(C(C)(C)C)ccc1C(C)(C)C. The number of nitrogens with zero attached hydrogens (tertiary/aromatic N) is 1. The van der Waals surface area contributed by atoms with Crippen LogP contribution in [0, 0.1) is 0 Å². The molecule has 1 aromatic rings. The van der Waals surface area contributed by atoms with E-state index in [-0.39, 0.29) is 10.8 Å². The fourth-order valence-corrected chi connectivity index (χ4v) is 2.43. The molecule has 21 heavy (non-hydrogen) atoms. The Morgan fingerprint density at radius 1 is 0.857 bits per heavy atom. The number of aromatic nitrogens is 1. The van der Waals surface area contributed by atoms with Crippen LogP contribution in [-0.4, -0.2) is 4.57 Å². The second-order valence-corrected chi connectivity index (χ2v) is 7.66. The van der Waals surface area contributed by atoms with E-state index in [2.05, 4.69) is 89.5 Å². The lowest BCUT2D eigenvalue weighted by Crippen LogP contribution is -2.22. The molecule has 0 aromatic carbocycles. The molecule has 0 radical (unpaired) electrons. The molecular formula is C20H31N. The van der Waals surface area contributed by atoms with Gasteiger partial charge < -0.3 is 4.57 Å². The van der Waals surface area contributed by atoms with E-state index >= 15 is 0 Å². The number of allylic oxidation sites excluding steroid dienone is 6. The summed E-state index contributed by atoms with van der Waals surface area (Å²) in [5.41, 5.74) is 4.24. The topological polar surface area (TPSA) is 4.93 Å². The Bertz CT molecular complexity index is 520. The predicted octanol–water partition coefficient (Wildman–Crippen LogP) is 6.08. The first kappa shape index (κ1) is 17.6. The zero-order valence-corrected chi connectivity index (χ0v) is 15.0. The van der Waals surface area contributed by atoms with Crippen molar-refractivity contribution < 1.29 is 0 Å². The minimum Gasteiger partial charge on any atom is -0.321 e. The highest BCUT2D eigenvalue weighted by Gasteiger charge is 2.26. The van der Waals surface area contributed by atoms with E-state index in [9.17, 15) is 0 Å². The first-order valence-corrected chi connectivity index (χ1v) is 7.78. The zero-order valence-electron chi connectivity index (χ0n) is 15.0. The summed E-state index contributed by atoms with van der Waals surface area (Å²) in [7, 11) is 0. The molecule has 116 valence electrons. The van der Waals surface area contributed by atoms with Crippen LogP contribution in [0.2, 0.25) is 0 Å². The van der Waals surface area contributed by atoms with Gasteiger partial charge in [0.25, 0.3) is 0 Å². The van der Waals surface area contributed by atoms with Crippen molar-refractivity contribution >= 4 is 5.70 Å². The number of hydrogen-bond donors (Lipinski definition) is 0. The van der Waals surface area contributed by atoms with E-state index in [1.54, 1.807) is 0 Å². The smallest absolute Gasteiger partial charge is 0.0280 e. The summed E-state index contributed by atoms with van der Waals surface area (Å²) in [4.78, 5) is 0. The lowest BCUT2D eigenvalue weighted by molar-refractivity contribution is 0.519. The molecule has 0 atom stereocenters. The van der Waals surface area contributed by atoms with Gasteiger partial charge in [0, 0.05) is 27.9 Å². The van der Waals surface area contributed by atoms with Gasteiger partial charge in [0.15, 0.2) is 0 Å². The second-order valence-electron chi connectivity index (χ2n) is 7.66. The third kappa shape index (κ3) is 4.49. The maximum atomic E-state index is 2.42. The number of rotatable bonds is 3. The van der Waals surface area contributed by atoms with Crippen LogP contribution in [0.5, 0.6) is 0 Å². The highest BCUT2D eigenvalue weighted by molar-refractivity contribution is 5.52. The number of hydrogen-bond acceptors (Lipinski definition) is 0. The van der Waals surface area contributed by atoms with Gasteiger partial charge >= 0.3 is 0 Å². The molecule has 0 amide bonds. The fraction of sp³-hybridized carbons (Fsp3) is 0.500. The van der Waals surface area contributed by atoms with Crippen LogP contribution in [0.25, 0.3) is 5.70 Å². The van der Waals surface area contributed by atoms with Crippen molar-refractivity contribution in [3.05, 3.63) is 53.9 Å². The Morgan fingerprint density at radius 3 is 1.71 bits per heavy atom. The van der Waals surface area contributed by atoms with E-state index in [0.717, 1.165) is 0 Å². The van der Waals surface area contributed by atoms with E-state index in [1.807, 2.05) is 13.0 Å². The van der Waals surface area contributed by atoms with E-state index < -0.39 is 0 Å². The van der Waals surface area contributed by atoms with Crippen molar-refractivity contribution in [1.29, 1.82) is 0 Å². The van der Waals surface area contributed by atoms with Gasteiger partial charge in [-0.15, -0.1) is 0 Å². The summed E-state index contributed by atoms with van der Waals surface area (Å²) in [6.45, 7) is 17.8. The molecule has 0 aliphatic heterocycles. The highest BCUT2D eigenvalue weighted by Crippen LogP contribution is 2.33. The summed E-state index contributed by atoms with van der Waals surface area (Å²) < 4.78 is 2.42. The molecule has 0 bridgehead atoms. The molecule has 0 saturated heterocycles. The minimum absolute atomic E-state index is 0.131. The molecule has 1 rings (SSSR count). The molecule has 0 aliphatic rings. The Kier molecular flexibility index (Phi) is 5.44. The predicted molar refractivity (Wildman–Crippen MR) is 95.7 cm³/mol. The van der Waals surface area contributed by atoms with Gasteiger partial charge in [-0.25, -0.2) is 0 Å². The maximum absolute atomic E-state index is 2.42. The van der Waals surface area contributed by atoms with Crippen molar-refractivity contribution in [2.24, 2.45) is 0 Å². The van der Waals surface area contributed by atoms with Crippen molar-refractivity contribution in [1.82, 2.24) is 4.57 Å². The normalized spacial score (nSPS) is 14.6. The summed E-state index contributed by atoms with van der Waals surface area (Å²) in [6.07, 6.45) is 10.4. The standard InChI is InChI=1S/C20H31N/c1-9-10-11-12-13-16(2)21-17(19(3,4)5)14-15-18(21)20(6,7)8/h9-15H,1-8H3/b10-9-,12-11-,16-13+. The van der Waals surface area contributed by atoms with Crippen LogP contribution in [0.3, 0.4) is 0 Å². The lowest BCUT2D eigenvalue weighted by atomic mass is 9.91. The third-order valence-electron chi connectivity index (χ3n) is 3.52. The molecule has 0 saturated carbocycles. The average Bonchev–Trinajstić information content (AvgIpc) is 2.78. The van der Waals surface area contributed by atoms with Gasteiger partial charge in [0.1, 0.15) is 0 Å². The Balaban J connectivity index is 3.40. The first-order chi connectivity index (χ1) is 9.59. The molecule has 0 aliphatic carbocycles. The summed E-state index contributed by atoms with van der Waals surface area (Å²) in [5.74, 6) is 0. The largest absolute Gasteiger partial charge is 0.321 e. The van der Waals surface area contributed by atoms with E-state index in [4.69, 9.17) is 0 Å². The second kappa shape index (κ2) is 6.51. The van der Waals surface area contributed by atoms with Crippen LogP contribution in [0.15, 0.2) is 42.5 Å². The van der Waals surface area contributed by atoms with Crippen molar-refractivity contribution in [3.8, 4) is 0 Å². The highest BCUT2D eigenvalue weighted by atomic mass is 15.0. The van der Waals surface area contributed by atoms with E-state index in [0.29, 0.717) is 0 Å². The molecule has 0 unspecified atom stereocenters. The van der Waals surface area contributed by atoms with Gasteiger partial charge in [-0.05, 0) is 32.1 Å². The molecular weight excluding hydrogens is 254 g/mol. The zero-order chi connectivity index (χ0) is 16.3. The van der Waals surface area contributed by atoms with E-state index in [1.165, 1.54) is 17.1 Å². The van der Waals surface area contributed by atoms with Crippen LogP contribution in [0.4, 0.5) is 0 Å². The van der Waals surface area contributed by atoms with Crippen molar-refractivity contribution in [2.75, 3.05) is 0 Å². The third-order valence-corrected chi connectivity index (χ3v) is 3.52. The summed E-state index contributed by atoms with van der Waals surface area (Å²) in [5, 5.41) is 0. The van der Waals surface area contributed by atoms with Gasteiger partial charge in [-0.3, -0.25) is 0 Å². The van der Waals surface area contributed by atoms with Gasteiger partial charge in [0.05, 0.1) is 0 Å². The molecule has 1 heteroatoms. The Hall–Kier alpha value is -1.50. The van der Waals surface area contributed by atoms with Crippen LogP contribution in [0.1, 0.15) is 66.8 Å². The van der Waals surface area contributed by atoms with Crippen LogP contribution >= 0.6 is 0 Å².